The standard InChI is InChI=1S/C13H21N3O2/c1-11(12-4-2-9-18-12)15-13(17)10-16-7-3-5-14-6-8-16/h2,4,9,11,14H,3,5-8,10H2,1H3,(H,15,17)/t11-/m1/s1. The minimum absolute atomic E-state index is 0.0563. The third-order valence-corrected chi connectivity index (χ3v) is 3.15. The number of amides is 1. The van der Waals surface area contributed by atoms with Crippen LogP contribution in [0.25, 0.3) is 0 Å². The average molecular weight is 251 g/mol. The van der Waals surface area contributed by atoms with Crippen molar-refractivity contribution in [3.63, 3.8) is 0 Å². The summed E-state index contributed by atoms with van der Waals surface area (Å²) in [6.07, 6.45) is 2.72. The fraction of sp³-hybridized carbons (Fsp3) is 0.615. The van der Waals surface area contributed by atoms with E-state index in [4.69, 9.17) is 4.42 Å². The Balaban J connectivity index is 1.77. The third kappa shape index (κ3) is 3.85. The molecule has 0 aromatic carbocycles. The number of rotatable bonds is 4. The van der Waals surface area contributed by atoms with Crippen molar-refractivity contribution in [3.05, 3.63) is 24.2 Å². The van der Waals surface area contributed by atoms with E-state index in [0.29, 0.717) is 6.54 Å². The summed E-state index contributed by atoms with van der Waals surface area (Å²) >= 11 is 0. The molecule has 1 aromatic rings. The zero-order chi connectivity index (χ0) is 12.8. The van der Waals surface area contributed by atoms with Crippen LogP contribution in [-0.2, 0) is 4.79 Å². The summed E-state index contributed by atoms with van der Waals surface area (Å²) in [6, 6.07) is 3.64. The summed E-state index contributed by atoms with van der Waals surface area (Å²) in [6.45, 7) is 6.31. The number of carbonyl (C=O) groups excluding carboxylic acids is 1. The molecular formula is C13H21N3O2. The van der Waals surface area contributed by atoms with Gasteiger partial charge in [0, 0.05) is 13.1 Å². The van der Waals surface area contributed by atoms with Crippen molar-refractivity contribution < 1.29 is 9.21 Å². The van der Waals surface area contributed by atoms with Crippen LogP contribution >= 0.6 is 0 Å². The Morgan fingerprint density at radius 3 is 3.22 bits per heavy atom. The van der Waals surface area contributed by atoms with Crippen molar-refractivity contribution in [2.45, 2.75) is 19.4 Å². The van der Waals surface area contributed by atoms with Gasteiger partial charge in [-0.2, -0.15) is 0 Å². The number of hydrogen-bond acceptors (Lipinski definition) is 4. The predicted molar refractivity (Wildman–Crippen MR) is 69.2 cm³/mol. The molecule has 5 heteroatoms. The van der Waals surface area contributed by atoms with Gasteiger partial charge in [-0.1, -0.05) is 0 Å². The van der Waals surface area contributed by atoms with Gasteiger partial charge in [0.15, 0.2) is 0 Å². The second-order valence-corrected chi connectivity index (χ2v) is 4.68. The van der Waals surface area contributed by atoms with Crippen molar-refractivity contribution in [1.29, 1.82) is 0 Å². The van der Waals surface area contributed by atoms with E-state index in [0.717, 1.165) is 38.4 Å². The number of furan rings is 1. The summed E-state index contributed by atoms with van der Waals surface area (Å²) in [5, 5.41) is 6.28. The molecule has 1 fully saturated rings. The minimum Gasteiger partial charge on any atom is -0.467 e. The average Bonchev–Trinajstić information content (AvgIpc) is 2.76. The lowest BCUT2D eigenvalue weighted by Crippen LogP contribution is -2.39. The van der Waals surface area contributed by atoms with Crippen LogP contribution in [-0.4, -0.2) is 43.5 Å². The Morgan fingerprint density at radius 2 is 2.44 bits per heavy atom. The highest BCUT2D eigenvalue weighted by atomic mass is 16.3. The molecule has 0 unspecified atom stereocenters. The SMILES string of the molecule is C[C@@H](NC(=O)CN1CCCNCC1)c1ccco1. The van der Waals surface area contributed by atoms with Crippen molar-refractivity contribution in [2.75, 3.05) is 32.7 Å². The number of hydrogen-bond donors (Lipinski definition) is 2. The highest BCUT2D eigenvalue weighted by Gasteiger charge is 2.15. The Kier molecular flexibility index (Phi) is 4.78. The lowest BCUT2D eigenvalue weighted by Gasteiger charge is -2.20. The minimum atomic E-state index is -0.0717. The number of carbonyl (C=O) groups is 1. The zero-order valence-electron chi connectivity index (χ0n) is 10.8. The molecule has 5 nitrogen and oxygen atoms in total. The van der Waals surface area contributed by atoms with E-state index < -0.39 is 0 Å². The molecule has 1 atom stereocenters. The Labute approximate surface area is 108 Å². The first kappa shape index (κ1) is 13.1. The van der Waals surface area contributed by atoms with Crippen LogP contribution in [0.1, 0.15) is 25.1 Å². The maximum Gasteiger partial charge on any atom is 0.234 e. The van der Waals surface area contributed by atoms with E-state index in [2.05, 4.69) is 15.5 Å². The first-order chi connectivity index (χ1) is 8.75. The highest BCUT2D eigenvalue weighted by Crippen LogP contribution is 2.11. The first-order valence-corrected chi connectivity index (χ1v) is 6.51. The summed E-state index contributed by atoms with van der Waals surface area (Å²) in [7, 11) is 0. The van der Waals surface area contributed by atoms with E-state index in [1.807, 2.05) is 19.1 Å². The van der Waals surface area contributed by atoms with Crippen LogP contribution in [0.15, 0.2) is 22.8 Å². The lowest BCUT2D eigenvalue weighted by molar-refractivity contribution is -0.123. The highest BCUT2D eigenvalue weighted by molar-refractivity contribution is 5.78. The van der Waals surface area contributed by atoms with Crippen molar-refractivity contribution in [3.8, 4) is 0 Å². The van der Waals surface area contributed by atoms with Crippen LogP contribution < -0.4 is 10.6 Å². The van der Waals surface area contributed by atoms with Crippen LogP contribution in [0.3, 0.4) is 0 Å². The van der Waals surface area contributed by atoms with Gasteiger partial charge in [0.1, 0.15) is 5.76 Å². The van der Waals surface area contributed by atoms with Gasteiger partial charge in [0.05, 0.1) is 18.8 Å². The third-order valence-electron chi connectivity index (χ3n) is 3.15. The van der Waals surface area contributed by atoms with E-state index >= 15 is 0 Å². The van der Waals surface area contributed by atoms with Gasteiger partial charge in [-0.3, -0.25) is 9.69 Å². The summed E-state index contributed by atoms with van der Waals surface area (Å²) in [5.74, 6) is 0.849. The summed E-state index contributed by atoms with van der Waals surface area (Å²) < 4.78 is 5.27. The fourth-order valence-corrected chi connectivity index (χ4v) is 2.16. The molecule has 0 bridgehead atoms. The molecule has 1 saturated heterocycles. The van der Waals surface area contributed by atoms with Crippen LogP contribution in [0.4, 0.5) is 0 Å². The molecule has 2 rings (SSSR count). The largest absolute Gasteiger partial charge is 0.467 e. The van der Waals surface area contributed by atoms with Gasteiger partial charge in [-0.25, -0.2) is 0 Å². The molecule has 1 aromatic heterocycles. The molecule has 1 amide bonds. The lowest BCUT2D eigenvalue weighted by atomic mass is 10.2. The van der Waals surface area contributed by atoms with E-state index in [-0.39, 0.29) is 11.9 Å². The van der Waals surface area contributed by atoms with Crippen LogP contribution in [0, 0.1) is 0 Å². The maximum absolute atomic E-state index is 11.9. The van der Waals surface area contributed by atoms with Gasteiger partial charge in [-0.15, -0.1) is 0 Å². The predicted octanol–water partition coefficient (Wildman–Crippen LogP) is 0.752. The summed E-state index contributed by atoms with van der Waals surface area (Å²) in [5.41, 5.74) is 0. The molecule has 0 radical (unpaired) electrons. The molecule has 2 heterocycles. The van der Waals surface area contributed by atoms with E-state index in [1.165, 1.54) is 0 Å². The van der Waals surface area contributed by atoms with E-state index in [1.54, 1.807) is 6.26 Å². The number of nitrogens with zero attached hydrogens (tertiary/aromatic N) is 1. The first-order valence-electron chi connectivity index (χ1n) is 6.51. The molecule has 0 aliphatic carbocycles. The normalized spacial score (nSPS) is 19.2. The Morgan fingerprint density at radius 1 is 1.56 bits per heavy atom. The molecule has 18 heavy (non-hydrogen) atoms. The van der Waals surface area contributed by atoms with Crippen LogP contribution in [0.2, 0.25) is 0 Å². The number of nitrogens with one attached hydrogen (secondary N) is 2. The molecule has 0 saturated carbocycles. The van der Waals surface area contributed by atoms with Crippen molar-refractivity contribution in [1.82, 2.24) is 15.5 Å². The van der Waals surface area contributed by atoms with Gasteiger partial charge < -0.3 is 15.1 Å². The van der Waals surface area contributed by atoms with E-state index in [9.17, 15) is 4.79 Å². The van der Waals surface area contributed by atoms with Gasteiger partial charge >= 0.3 is 0 Å². The maximum atomic E-state index is 11.9. The van der Waals surface area contributed by atoms with Crippen molar-refractivity contribution >= 4 is 5.91 Å². The fourth-order valence-electron chi connectivity index (χ4n) is 2.16. The van der Waals surface area contributed by atoms with Crippen LogP contribution in [0.5, 0.6) is 0 Å². The molecular weight excluding hydrogens is 230 g/mol. The smallest absolute Gasteiger partial charge is 0.234 e. The second kappa shape index (κ2) is 6.56. The topological polar surface area (TPSA) is 57.5 Å². The molecule has 0 spiro atoms. The van der Waals surface area contributed by atoms with Gasteiger partial charge in [-0.05, 0) is 38.6 Å². The Bertz CT molecular complexity index is 356. The molecule has 100 valence electrons. The van der Waals surface area contributed by atoms with Gasteiger partial charge in [0.25, 0.3) is 0 Å². The molecule has 2 N–H and O–H groups in total. The van der Waals surface area contributed by atoms with Crippen molar-refractivity contribution in [2.24, 2.45) is 0 Å². The molecule has 1 aliphatic heterocycles. The zero-order valence-corrected chi connectivity index (χ0v) is 10.8. The van der Waals surface area contributed by atoms with Gasteiger partial charge in [0.2, 0.25) is 5.91 Å². The Hall–Kier alpha value is -1.33. The summed E-state index contributed by atoms with van der Waals surface area (Å²) in [4.78, 5) is 14.1. The quantitative estimate of drug-likeness (QED) is 0.829. The monoisotopic (exact) mass is 251 g/mol. The second-order valence-electron chi connectivity index (χ2n) is 4.68. The molecule has 1 aliphatic rings.